The number of ether oxygens (including phenoxy) is 1. The Labute approximate surface area is 123 Å². The van der Waals surface area contributed by atoms with Crippen LogP contribution in [0.15, 0.2) is 16.6 Å². The largest absolute Gasteiger partial charge is 0.385 e. The smallest absolute Gasteiger partial charge is 0.239 e. The van der Waals surface area contributed by atoms with Crippen LogP contribution < -0.4 is 10.6 Å². The SMILES string of the molecule is COCCCNC(=O)CNc1c(C)cc(C)cc1Br. The Balaban J connectivity index is 2.42. The van der Waals surface area contributed by atoms with Crippen molar-refractivity contribution in [1.82, 2.24) is 5.32 Å². The number of benzene rings is 1. The molecule has 0 heterocycles. The molecular weight excluding hydrogens is 308 g/mol. The summed E-state index contributed by atoms with van der Waals surface area (Å²) in [7, 11) is 1.65. The van der Waals surface area contributed by atoms with Crippen LogP contribution in [0.3, 0.4) is 0 Å². The zero-order valence-electron chi connectivity index (χ0n) is 11.7. The molecule has 0 aliphatic carbocycles. The van der Waals surface area contributed by atoms with Crippen molar-refractivity contribution in [3.63, 3.8) is 0 Å². The summed E-state index contributed by atoms with van der Waals surface area (Å²) in [6.45, 7) is 5.65. The fraction of sp³-hybridized carbons (Fsp3) is 0.500. The lowest BCUT2D eigenvalue weighted by Crippen LogP contribution is -2.31. The molecule has 1 aromatic rings. The molecule has 0 aromatic heterocycles. The van der Waals surface area contributed by atoms with Gasteiger partial charge in [0.05, 0.1) is 12.2 Å². The van der Waals surface area contributed by atoms with Crippen molar-refractivity contribution in [3.8, 4) is 0 Å². The molecule has 0 bridgehead atoms. The molecule has 106 valence electrons. The van der Waals surface area contributed by atoms with Crippen LogP contribution >= 0.6 is 15.9 Å². The van der Waals surface area contributed by atoms with E-state index in [1.54, 1.807) is 7.11 Å². The summed E-state index contributed by atoms with van der Waals surface area (Å²) in [5, 5.41) is 6.00. The van der Waals surface area contributed by atoms with Crippen LogP contribution in [-0.4, -0.2) is 32.7 Å². The fourth-order valence-electron chi connectivity index (χ4n) is 1.82. The highest BCUT2D eigenvalue weighted by Gasteiger charge is 2.06. The van der Waals surface area contributed by atoms with E-state index < -0.39 is 0 Å². The molecule has 0 saturated heterocycles. The Morgan fingerprint density at radius 3 is 2.74 bits per heavy atom. The Morgan fingerprint density at radius 2 is 2.11 bits per heavy atom. The van der Waals surface area contributed by atoms with Crippen molar-refractivity contribution in [2.24, 2.45) is 0 Å². The normalized spacial score (nSPS) is 10.3. The molecule has 0 aliphatic rings. The predicted octanol–water partition coefficient (Wildman–Crippen LogP) is 2.63. The minimum Gasteiger partial charge on any atom is -0.385 e. The van der Waals surface area contributed by atoms with E-state index in [9.17, 15) is 4.79 Å². The molecule has 0 saturated carbocycles. The number of rotatable bonds is 7. The summed E-state index contributed by atoms with van der Waals surface area (Å²) in [5.74, 6) is -0.0111. The second kappa shape index (κ2) is 8.17. The first kappa shape index (κ1) is 16.0. The Morgan fingerprint density at radius 1 is 1.37 bits per heavy atom. The Hall–Kier alpha value is -1.07. The van der Waals surface area contributed by atoms with Gasteiger partial charge in [0.15, 0.2) is 0 Å². The molecule has 4 nitrogen and oxygen atoms in total. The first-order valence-electron chi connectivity index (χ1n) is 6.31. The minimum atomic E-state index is -0.0111. The number of hydrogen-bond acceptors (Lipinski definition) is 3. The van der Waals surface area contributed by atoms with Gasteiger partial charge in [-0.05, 0) is 53.4 Å². The lowest BCUT2D eigenvalue weighted by atomic mass is 10.1. The van der Waals surface area contributed by atoms with Crippen LogP contribution in [0.2, 0.25) is 0 Å². The number of nitrogens with one attached hydrogen (secondary N) is 2. The highest BCUT2D eigenvalue weighted by molar-refractivity contribution is 9.10. The zero-order chi connectivity index (χ0) is 14.3. The number of anilines is 1. The number of amides is 1. The lowest BCUT2D eigenvalue weighted by Gasteiger charge is -2.13. The molecule has 5 heteroatoms. The molecule has 1 rings (SSSR count). The minimum absolute atomic E-state index is 0.0111. The van der Waals surface area contributed by atoms with Gasteiger partial charge in [-0.1, -0.05) is 6.07 Å². The Bertz CT molecular complexity index is 412. The average molecular weight is 329 g/mol. The molecule has 2 N–H and O–H groups in total. The summed E-state index contributed by atoms with van der Waals surface area (Å²) in [6, 6.07) is 4.12. The van der Waals surface area contributed by atoms with Crippen molar-refractivity contribution >= 4 is 27.5 Å². The molecular formula is C14H21BrN2O2. The summed E-state index contributed by atoms with van der Waals surface area (Å²) < 4.78 is 5.91. The van der Waals surface area contributed by atoms with Crippen molar-refractivity contribution in [3.05, 3.63) is 27.7 Å². The number of carbonyl (C=O) groups excluding carboxylic acids is 1. The van der Waals surface area contributed by atoms with Crippen molar-refractivity contribution in [2.45, 2.75) is 20.3 Å². The highest BCUT2D eigenvalue weighted by Crippen LogP contribution is 2.27. The van der Waals surface area contributed by atoms with Gasteiger partial charge in [0.2, 0.25) is 5.91 Å². The van der Waals surface area contributed by atoms with Gasteiger partial charge in [0, 0.05) is 24.7 Å². The van der Waals surface area contributed by atoms with E-state index in [0.717, 1.165) is 22.1 Å². The number of carbonyl (C=O) groups is 1. The van der Waals surface area contributed by atoms with Crippen LogP contribution in [0.5, 0.6) is 0 Å². The van der Waals surface area contributed by atoms with E-state index in [1.807, 2.05) is 19.9 Å². The molecule has 0 atom stereocenters. The van der Waals surface area contributed by atoms with E-state index in [2.05, 4.69) is 32.6 Å². The maximum Gasteiger partial charge on any atom is 0.239 e. The van der Waals surface area contributed by atoms with E-state index in [1.165, 1.54) is 5.56 Å². The van der Waals surface area contributed by atoms with Crippen molar-refractivity contribution < 1.29 is 9.53 Å². The number of methoxy groups -OCH3 is 1. The van der Waals surface area contributed by atoms with Crippen LogP contribution in [0.1, 0.15) is 17.5 Å². The molecule has 1 amide bonds. The quantitative estimate of drug-likeness (QED) is 0.756. The van der Waals surface area contributed by atoms with E-state index in [4.69, 9.17) is 4.74 Å². The van der Waals surface area contributed by atoms with Gasteiger partial charge in [-0.3, -0.25) is 4.79 Å². The van der Waals surface area contributed by atoms with Gasteiger partial charge in [-0.15, -0.1) is 0 Å². The van der Waals surface area contributed by atoms with Crippen molar-refractivity contribution in [2.75, 3.05) is 32.1 Å². The summed E-state index contributed by atoms with van der Waals surface area (Å²) >= 11 is 3.51. The van der Waals surface area contributed by atoms with Gasteiger partial charge in [0.25, 0.3) is 0 Å². The lowest BCUT2D eigenvalue weighted by molar-refractivity contribution is -0.119. The van der Waals surface area contributed by atoms with Gasteiger partial charge < -0.3 is 15.4 Å². The zero-order valence-corrected chi connectivity index (χ0v) is 13.3. The standard InChI is InChI=1S/C14H21BrN2O2/c1-10-7-11(2)14(12(15)8-10)17-9-13(18)16-5-4-6-19-3/h7-8,17H,4-6,9H2,1-3H3,(H,16,18). The summed E-state index contributed by atoms with van der Waals surface area (Å²) in [4.78, 5) is 11.6. The third-order valence-corrected chi connectivity index (χ3v) is 3.33. The molecule has 0 aliphatic heterocycles. The predicted molar refractivity (Wildman–Crippen MR) is 81.6 cm³/mol. The number of hydrogen-bond donors (Lipinski definition) is 2. The van der Waals surface area contributed by atoms with Gasteiger partial charge >= 0.3 is 0 Å². The van der Waals surface area contributed by atoms with Gasteiger partial charge in [0.1, 0.15) is 0 Å². The number of aryl methyl sites for hydroxylation is 2. The van der Waals surface area contributed by atoms with Crippen LogP contribution in [0.25, 0.3) is 0 Å². The highest BCUT2D eigenvalue weighted by atomic mass is 79.9. The average Bonchev–Trinajstić information content (AvgIpc) is 2.33. The van der Waals surface area contributed by atoms with E-state index >= 15 is 0 Å². The summed E-state index contributed by atoms with van der Waals surface area (Å²) in [5.41, 5.74) is 3.29. The fourth-order valence-corrected chi connectivity index (χ4v) is 2.63. The van der Waals surface area contributed by atoms with Crippen LogP contribution in [-0.2, 0) is 9.53 Å². The van der Waals surface area contributed by atoms with Gasteiger partial charge in [-0.25, -0.2) is 0 Å². The van der Waals surface area contributed by atoms with Crippen LogP contribution in [0, 0.1) is 13.8 Å². The monoisotopic (exact) mass is 328 g/mol. The van der Waals surface area contributed by atoms with E-state index in [0.29, 0.717) is 13.2 Å². The maximum atomic E-state index is 11.6. The maximum absolute atomic E-state index is 11.6. The number of halogens is 1. The molecule has 0 fully saturated rings. The third-order valence-electron chi connectivity index (χ3n) is 2.70. The van der Waals surface area contributed by atoms with Gasteiger partial charge in [-0.2, -0.15) is 0 Å². The first-order valence-corrected chi connectivity index (χ1v) is 7.10. The third kappa shape index (κ3) is 5.61. The Kier molecular flexibility index (Phi) is 6.87. The van der Waals surface area contributed by atoms with E-state index in [-0.39, 0.29) is 12.5 Å². The van der Waals surface area contributed by atoms with Crippen LogP contribution in [0.4, 0.5) is 5.69 Å². The topological polar surface area (TPSA) is 50.4 Å². The molecule has 0 radical (unpaired) electrons. The molecule has 0 spiro atoms. The summed E-state index contributed by atoms with van der Waals surface area (Å²) in [6.07, 6.45) is 0.829. The second-order valence-electron chi connectivity index (χ2n) is 4.49. The van der Waals surface area contributed by atoms with Crippen molar-refractivity contribution in [1.29, 1.82) is 0 Å². The molecule has 0 unspecified atom stereocenters. The molecule has 1 aromatic carbocycles. The second-order valence-corrected chi connectivity index (χ2v) is 5.34. The molecule has 19 heavy (non-hydrogen) atoms. The first-order chi connectivity index (χ1) is 9.04.